The quantitative estimate of drug-likeness (QED) is 0.795. The van der Waals surface area contributed by atoms with Crippen LogP contribution in [0.15, 0.2) is 0 Å². The SMILES string of the molecule is CC1COCCC1C(=O)C1CCCC(S(C)(=O)=O)C1. The van der Waals surface area contributed by atoms with E-state index < -0.39 is 9.84 Å². The smallest absolute Gasteiger partial charge is 0.150 e. The van der Waals surface area contributed by atoms with Crippen molar-refractivity contribution < 1.29 is 17.9 Å². The highest BCUT2D eigenvalue weighted by Gasteiger charge is 2.37. The van der Waals surface area contributed by atoms with E-state index in [1.165, 1.54) is 6.26 Å². The lowest BCUT2D eigenvalue weighted by Gasteiger charge is -2.33. The highest BCUT2D eigenvalue weighted by atomic mass is 32.2. The van der Waals surface area contributed by atoms with Gasteiger partial charge in [0.25, 0.3) is 0 Å². The average Bonchev–Trinajstić information content (AvgIpc) is 2.38. The van der Waals surface area contributed by atoms with Crippen LogP contribution >= 0.6 is 0 Å². The summed E-state index contributed by atoms with van der Waals surface area (Å²) < 4.78 is 28.7. The molecule has 1 saturated heterocycles. The molecule has 2 aliphatic rings. The van der Waals surface area contributed by atoms with Crippen LogP contribution in [-0.4, -0.2) is 38.9 Å². The summed E-state index contributed by atoms with van der Waals surface area (Å²) in [6, 6.07) is 0. The van der Waals surface area contributed by atoms with Crippen LogP contribution in [0.25, 0.3) is 0 Å². The minimum absolute atomic E-state index is 0.0565. The number of sulfone groups is 1. The number of Topliss-reactive ketones (excluding diaryl/α,β-unsaturated/α-hetero) is 1. The topological polar surface area (TPSA) is 60.4 Å². The van der Waals surface area contributed by atoms with Crippen LogP contribution in [0.5, 0.6) is 0 Å². The molecule has 1 aliphatic carbocycles. The summed E-state index contributed by atoms with van der Waals surface area (Å²) in [6.45, 7) is 3.36. The van der Waals surface area contributed by atoms with E-state index >= 15 is 0 Å². The van der Waals surface area contributed by atoms with E-state index in [1.54, 1.807) is 0 Å². The van der Waals surface area contributed by atoms with Crippen molar-refractivity contribution in [1.29, 1.82) is 0 Å². The van der Waals surface area contributed by atoms with Crippen LogP contribution in [0.2, 0.25) is 0 Å². The Hall–Kier alpha value is -0.420. The summed E-state index contributed by atoms with van der Waals surface area (Å²) in [5, 5.41) is -0.314. The maximum Gasteiger partial charge on any atom is 0.150 e. The highest BCUT2D eigenvalue weighted by Crippen LogP contribution is 2.34. The van der Waals surface area contributed by atoms with Crippen molar-refractivity contribution in [3.8, 4) is 0 Å². The standard InChI is InChI=1S/C14H24O4S/c1-10-9-18-7-6-13(10)14(15)11-4-3-5-12(8-11)19(2,16)17/h10-13H,3-9H2,1-2H3. The Morgan fingerprint density at radius 3 is 2.58 bits per heavy atom. The number of hydrogen-bond donors (Lipinski definition) is 0. The maximum absolute atomic E-state index is 12.6. The Morgan fingerprint density at radius 2 is 1.95 bits per heavy atom. The number of ether oxygens (including phenoxy) is 1. The fraction of sp³-hybridized carbons (Fsp3) is 0.929. The Balaban J connectivity index is 2.02. The fourth-order valence-electron chi connectivity index (χ4n) is 3.40. The Labute approximate surface area is 115 Å². The fourth-order valence-corrected chi connectivity index (χ4v) is 4.57. The van der Waals surface area contributed by atoms with Gasteiger partial charge in [0.05, 0.1) is 5.25 Å². The summed E-state index contributed by atoms with van der Waals surface area (Å²) in [6.07, 6.45) is 5.04. The molecule has 5 heteroatoms. The van der Waals surface area contributed by atoms with Crippen LogP contribution in [0.4, 0.5) is 0 Å². The zero-order valence-corrected chi connectivity index (χ0v) is 12.6. The first kappa shape index (κ1) is 15.0. The number of hydrogen-bond acceptors (Lipinski definition) is 4. The van der Waals surface area contributed by atoms with Crippen molar-refractivity contribution in [2.75, 3.05) is 19.5 Å². The van der Waals surface area contributed by atoms with Gasteiger partial charge in [-0.1, -0.05) is 13.3 Å². The second kappa shape index (κ2) is 5.92. The normalized spacial score (nSPS) is 36.9. The molecule has 4 atom stereocenters. The molecule has 4 unspecified atom stereocenters. The van der Waals surface area contributed by atoms with Crippen LogP contribution < -0.4 is 0 Å². The van der Waals surface area contributed by atoms with E-state index in [0.717, 1.165) is 19.3 Å². The predicted octanol–water partition coefficient (Wildman–Crippen LogP) is 1.83. The zero-order chi connectivity index (χ0) is 14.0. The molecule has 0 N–H and O–H groups in total. The third-order valence-corrected chi connectivity index (χ3v) is 6.28. The Kier molecular flexibility index (Phi) is 4.66. The van der Waals surface area contributed by atoms with Crippen molar-refractivity contribution in [2.24, 2.45) is 17.8 Å². The van der Waals surface area contributed by atoms with Crippen molar-refractivity contribution in [1.82, 2.24) is 0 Å². The largest absolute Gasteiger partial charge is 0.381 e. The number of carbonyl (C=O) groups is 1. The predicted molar refractivity (Wildman–Crippen MR) is 73.7 cm³/mol. The van der Waals surface area contributed by atoms with Gasteiger partial charge in [0, 0.05) is 31.3 Å². The lowest BCUT2D eigenvalue weighted by atomic mass is 9.76. The van der Waals surface area contributed by atoms with Crippen molar-refractivity contribution in [3.05, 3.63) is 0 Å². The molecule has 1 aliphatic heterocycles. The lowest BCUT2D eigenvalue weighted by Crippen LogP contribution is -2.38. The van der Waals surface area contributed by atoms with Crippen LogP contribution in [-0.2, 0) is 19.4 Å². The van der Waals surface area contributed by atoms with Gasteiger partial charge in [-0.2, -0.15) is 0 Å². The molecule has 0 aromatic carbocycles. The van der Waals surface area contributed by atoms with E-state index in [1.807, 2.05) is 0 Å². The summed E-state index contributed by atoms with van der Waals surface area (Å²) in [4.78, 5) is 12.6. The van der Waals surface area contributed by atoms with Crippen LogP contribution in [0.3, 0.4) is 0 Å². The second-order valence-corrected chi connectivity index (χ2v) is 8.49. The van der Waals surface area contributed by atoms with Gasteiger partial charge < -0.3 is 4.74 Å². The van der Waals surface area contributed by atoms with Gasteiger partial charge in [-0.3, -0.25) is 4.79 Å². The number of carbonyl (C=O) groups excluding carboxylic acids is 1. The second-order valence-electron chi connectivity index (χ2n) is 6.16. The maximum atomic E-state index is 12.6. The first-order valence-electron chi connectivity index (χ1n) is 7.20. The third-order valence-electron chi connectivity index (χ3n) is 4.64. The number of rotatable bonds is 3. The molecule has 0 aromatic rings. The first-order valence-corrected chi connectivity index (χ1v) is 9.15. The van der Waals surface area contributed by atoms with Gasteiger partial charge in [0.15, 0.2) is 0 Å². The molecule has 0 bridgehead atoms. The van der Waals surface area contributed by atoms with Crippen LogP contribution in [0, 0.1) is 17.8 Å². The minimum Gasteiger partial charge on any atom is -0.381 e. The summed E-state index contributed by atoms with van der Waals surface area (Å²) in [5.74, 6) is 0.556. The molecule has 4 nitrogen and oxygen atoms in total. The van der Waals surface area contributed by atoms with E-state index in [4.69, 9.17) is 4.74 Å². The van der Waals surface area contributed by atoms with Gasteiger partial charge >= 0.3 is 0 Å². The average molecular weight is 288 g/mol. The number of ketones is 1. The molecule has 2 rings (SSSR count). The van der Waals surface area contributed by atoms with Crippen molar-refractivity contribution in [2.45, 2.75) is 44.3 Å². The summed E-state index contributed by atoms with van der Waals surface area (Å²) in [7, 11) is -3.01. The van der Waals surface area contributed by atoms with Crippen molar-refractivity contribution in [3.63, 3.8) is 0 Å². The monoisotopic (exact) mass is 288 g/mol. The minimum atomic E-state index is -3.01. The molecule has 19 heavy (non-hydrogen) atoms. The Morgan fingerprint density at radius 1 is 1.21 bits per heavy atom. The van der Waals surface area contributed by atoms with Crippen LogP contribution in [0.1, 0.15) is 39.0 Å². The highest BCUT2D eigenvalue weighted by molar-refractivity contribution is 7.91. The van der Waals surface area contributed by atoms with E-state index in [0.29, 0.717) is 26.1 Å². The summed E-state index contributed by atoms with van der Waals surface area (Å²) in [5.41, 5.74) is 0. The van der Waals surface area contributed by atoms with Gasteiger partial charge in [0.2, 0.25) is 0 Å². The molecule has 1 heterocycles. The van der Waals surface area contributed by atoms with E-state index in [2.05, 4.69) is 6.92 Å². The third kappa shape index (κ3) is 3.57. The Bertz CT molecular complexity index is 429. The zero-order valence-electron chi connectivity index (χ0n) is 11.8. The van der Waals surface area contributed by atoms with Crippen molar-refractivity contribution >= 4 is 15.6 Å². The van der Waals surface area contributed by atoms with E-state index in [9.17, 15) is 13.2 Å². The van der Waals surface area contributed by atoms with Gasteiger partial charge in [-0.05, 0) is 31.6 Å². The molecule has 1 saturated carbocycles. The van der Waals surface area contributed by atoms with Gasteiger partial charge in [0.1, 0.15) is 15.6 Å². The van der Waals surface area contributed by atoms with Gasteiger partial charge in [-0.25, -0.2) is 8.42 Å². The van der Waals surface area contributed by atoms with Gasteiger partial charge in [-0.15, -0.1) is 0 Å². The van der Waals surface area contributed by atoms with E-state index in [-0.39, 0.29) is 28.8 Å². The molecule has 0 aromatic heterocycles. The molecular formula is C14H24O4S. The molecular weight excluding hydrogens is 264 g/mol. The lowest BCUT2D eigenvalue weighted by molar-refractivity contribution is -0.133. The molecule has 110 valence electrons. The molecule has 0 spiro atoms. The molecule has 2 fully saturated rings. The molecule has 0 amide bonds. The first-order chi connectivity index (χ1) is 8.89. The summed E-state index contributed by atoms with van der Waals surface area (Å²) >= 11 is 0. The molecule has 0 radical (unpaired) electrons.